The summed E-state index contributed by atoms with van der Waals surface area (Å²) >= 11 is 1.33. The van der Waals surface area contributed by atoms with Gasteiger partial charge in [0.05, 0.1) is 11.3 Å². The summed E-state index contributed by atoms with van der Waals surface area (Å²) in [6, 6.07) is 7.48. The van der Waals surface area contributed by atoms with Gasteiger partial charge in [0.15, 0.2) is 0 Å². The van der Waals surface area contributed by atoms with Gasteiger partial charge in [-0.1, -0.05) is 12.1 Å². The van der Waals surface area contributed by atoms with E-state index in [1.54, 1.807) is 0 Å². The molecule has 3 rings (SSSR count). The number of amides is 2. The number of nitrogens with two attached hydrogens (primary N) is 1. The smallest absolute Gasteiger partial charge is 0.254 e. The Balaban J connectivity index is 0.00000208. The normalized spacial score (nSPS) is 19.1. The van der Waals surface area contributed by atoms with Crippen molar-refractivity contribution in [3.8, 4) is 0 Å². The third-order valence-electron chi connectivity index (χ3n) is 4.93. The van der Waals surface area contributed by atoms with Gasteiger partial charge in [-0.25, -0.2) is 0 Å². The lowest BCUT2D eigenvalue weighted by atomic mass is 9.78. The largest absolute Gasteiger partial charge is 0.369 e. The molecule has 1 aromatic carbocycles. The summed E-state index contributed by atoms with van der Waals surface area (Å²) < 4.78 is 0. The van der Waals surface area contributed by atoms with E-state index in [2.05, 4.69) is 5.32 Å². The topological polar surface area (TPSA) is 75.4 Å². The molecule has 1 aromatic rings. The molecule has 0 atom stereocenters. The van der Waals surface area contributed by atoms with Crippen molar-refractivity contribution in [2.75, 3.05) is 31.9 Å². The molecule has 0 bridgehead atoms. The third kappa shape index (κ3) is 4.23. The molecule has 2 aliphatic heterocycles. The van der Waals surface area contributed by atoms with Crippen LogP contribution >= 0.6 is 24.2 Å². The zero-order chi connectivity index (χ0) is 16.3. The van der Waals surface area contributed by atoms with Gasteiger partial charge in [-0.3, -0.25) is 9.59 Å². The highest BCUT2D eigenvalue weighted by molar-refractivity contribution is 8.00. The van der Waals surface area contributed by atoms with Crippen LogP contribution in [-0.2, 0) is 4.79 Å². The van der Waals surface area contributed by atoms with Crippen molar-refractivity contribution in [3.05, 3.63) is 29.8 Å². The fourth-order valence-corrected chi connectivity index (χ4v) is 4.28. The number of piperidine rings is 1. The number of hydrogen-bond donors (Lipinski definition) is 2. The van der Waals surface area contributed by atoms with E-state index in [1.165, 1.54) is 18.2 Å². The summed E-state index contributed by atoms with van der Waals surface area (Å²) in [4.78, 5) is 26.6. The third-order valence-corrected chi connectivity index (χ3v) is 6.03. The van der Waals surface area contributed by atoms with E-state index in [0.29, 0.717) is 11.0 Å². The number of benzene rings is 1. The Morgan fingerprint density at radius 1 is 1.21 bits per heavy atom. The van der Waals surface area contributed by atoms with Crippen LogP contribution < -0.4 is 11.1 Å². The number of hydrogen-bond acceptors (Lipinski definition) is 4. The lowest BCUT2D eigenvalue weighted by Gasteiger charge is -2.39. The lowest BCUT2D eigenvalue weighted by molar-refractivity contribution is -0.115. The van der Waals surface area contributed by atoms with Crippen molar-refractivity contribution in [1.82, 2.24) is 10.2 Å². The van der Waals surface area contributed by atoms with Crippen molar-refractivity contribution < 1.29 is 9.59 Å². The number of thioether (sulfide) groups is 1. The molecule has 0 aromatic heterocycles. The minimum absolute atomic E-state index is 0. The van der Waals surface area contributed by atoms with Crippen LogP contribution in [0.5, 0.6) is 0 Å². The van der Waals surface area contributed by atoms with Gasteiger partial charge in [-0.05, 0) is 43.4 Å². The molecule has 7 heteroatoms. The quantitative estimate of drug-likeness (QED) is 0.795. The Morgan fingerprint density at radius 3 is 2.54 bits per heavy atom. The molecule has 0 unspecified atom stereocenters. The van der Waals surface area contributed by atoms with Gasteiger partial charge in [0, 0.05) is 24.5 Å². The Labute approximate surface area is 153 Å². The van der Waals surface area contributed by atoms with Crippen LogP contribution in [-0.4, -0.2) is 48.6 Å². The van der Waals surface area contributed by atoms with E-state index in [1.807, 2.05) is 29.2 Å². The van der Waals surface area contributed by atoms with Gasteiger partial charge in [-0.2, -0.15) is 0 Å². The first-order chi connectivity index (χ1) is 11.1. The number of nitrogens with one attached hydrogen (secondary N) is 1. The van der Waals surface area contributed by atoms with Crippen molar-refractivity contribution in [2.24, 2.45) is 11.1 Å². The Morgan fingerprint density at radius 2 is 1.92 bits per heavy atom. The maximum atomic E-state index is 12.8. The number of halogens is 1. The van der Waals surface area contributed by atoms with E-state index in [4.69, 9.17) is 5.73 Å². The standard InChI is InChI=1S/C17H23N3O2S.ClH/c18-15(21)11-23-14-4-2-1-3-13(14)16(22)20-9-6-17(7-10-20)5-8-19-12-17;/h1-4,19H,5-12H2,(H2,18,21);1H. The summed E-state index contributed by atoms with van der Waals surface area (Å²) in [5.74, 6) is -0.108. The monoisotopic (exact) mass is 369 g/mol. The van der Waals surface area contributed by atoms with E-state index in [0.717, 1.165) is 43.9 Å². The number of nitrogens with zero attached hydrogens (tertiary/aromatic N) is 1. The van der Waals surface area contributed by atoms with Gasteiger partial charge < -0.3 is 16.0 Å². The van der Waals surface area contributed by atoms with Crippen LogP contribution in [0.3, 0.4) is 0 Å². The highest BCUT2D eigenvalue weighted by Crippen LogP contribution is 2.37. The van der Waals surface area contributed by atoms with Crippen molar-refractivity contribution >= 4 is 36.0 Å². The maximum Gasteiger partial charge on any atom is 0.254 e. The summed E-state index contributed by atoms with van der Waals surface area (Å²) in [7, 11) is 0. The lowest BCUT2D eigenvalue weighted by Crippen LogP contribution is -2.44. The van der Waals surface area contributed by atoms with E-state index in [-0.39, 0.29) is 30.0 Å². The fourth-order valence-electron chi connectivity index (χ4n) is 3.49. The van der Waals surface area contributed by atoms with Gasteiger partial charge in [0.1, 0.15) is 0 Å². The van der Waals surface area contributed by atoms with Crippen molar-refractivity contribution in [3.63, 3.8) is 0 Å². The zero-order valence-electron chi connectivity index (χ0n) is 13.6. The van der Waals surface area contributed by atoms with Crippen molar-refractivity contribution in [1.29, 1.82) is 0 Å². The summed E-state index contributed by atoms with van der Waals surface area (Å²) in [6.07, 6.45) is 3.37. The van der Waals surface area contributed by atoms with Gasteiger partial charge >= 0.3 is 0 Å². The number of likely N-dealkylation sites (tertiary alicyclic amines) is 1. The first-order valence-corrected chi connectivity index (χ1v) is 9.08. The molecule has 2 saturated heterocycles. The average molecular weight is 370 g/mol. The Hall–Kier alpha value is -1.24. The predicted molar refractivity (Wildman–Crippen MR) is 98.7 cm³/mol. The first kappa shape index (κ1) is 19.1. The van der Waals surface area contributed by atoms with Crippen LogP contribution in [0.15, 0.2) is 29.2 Å². The highest BCUT2D eigenvalue weighted by Gasteiger charge is 2.38. The Bertz CT molecular complexity index is 595. The van der Waals surface area contributed by atoms with Gasteiger partial charge in [0.2, 0.25) is 5.91 Å². The molecule has 0 radical (unpaired) electrons. The molecule has 2 heterocycles. The minimum atomic E-state index is -0.370. The molecule has 1 spiro atoms. The van der Waals surface area contributed by atoms with Gasteiger partial charge in [0.25, 0.3) is 5.91 Å². The zero-order valence-corrected chi connectivity index (χ0v) is 15.3. The molecule has 3 N–H and O–H groups in total. The second-order valence-corrected chi connectivity index (χ2v) is 7.49. The molecule has 2 aliphatic rings. The molecular formula is C17H24ClN3O2S. The summed E-state index contributed by atoms with van der Waals surface area (Å²) in [6.45, 7) is 3.81. The van der Waals surface area contributed by atoms with Crippen LogP contribution in [0.25, 0.3) is 0 Å². The van der Waals surface area contributed by atoms with E-state index in [9.17, 15) is 9.59 Å². The molecule has 0 aliphatic carbocycles. The Kier molecular flexibility index (Phi) is 6.54. The highest BCUT2D eigenvalue weighted by atomic mass is 35.5. The maximum absolute atomic E-state index is 12.8. The first-order valence-electron chi connectivity index (χ1n) is 8.10. The fraction of sp³-hybridized carbons (Fsp3) is 0.529. The molecule has 24 heavy (non-hydrogen) atoms. The molecule has 2 amide bonds. The minimum Gasteiger partial charge on any atom is -0.369 e. The van der Waals surface area contributed by atoms with Crippen LogP contribution in [0.1, 0.15) is 29.6 Å². The number of primary amides is 1. The molecule has 132 valence electrons. The molecule has 2 fully saturated rings. The number of carbonyl (C=O) groups is 2. The van der Waals surface area contributed by atoms with Crippen LogP contribution in [0.4, 0.5) is 0 Å². The second-order valence-electron chi connectivity index (χ2n) is 6.47. The van der Waals surface area contributed by atoms with Crippen LogP contribution in [0, 0.1) is 5.41 Å². The summed E-state index contributed by atoms with van der Waals surface area (Å²) in [5.41, 5.74) is 6.29. The van der Waals surface area contributed by atoms with Gasteiger partial charge in [-0.15, -0.1) is 24.2 Å². The van der Waals surface area contributed by atoms with E-state index < -0.39 is 0 Å². The predicted octanol–water partition coefficient (Wildman–Crippen LogP) is 1.90. The number of rotatable bonds is 4. The van der Waals surface area contributed by atoms with E-state index >= 15 is 0 Å². The van der Waals surface area contributed by atoms with Crippen molar-refractivity contribution in [2.45, 2.75) is 24.2 Å². The average Bonchev–Trinajstić information content (AvgIpc) is 3.01. The molecular weight excluding hydrogens is 346 g/mol. The second kappa shape index (κ2) is 8.23. The molecule has 5 nitrogen and oxygen atoms in total. The van der Waals surface area contributed by atoms with Crippen LogP contribution in [0.2, 0.25) is 0 Å². The number of carbonyl (C=O) groups excluding carboxylic acids is 2. The SMILES string of the molecule is Cl.NC(=O)CSc1ccccc1C(=O)N1CCC2(CCNC2)CC1. The summed E-state index contributed by atoms with van der Waals surface area (Å²) in [5, 5.41) is 3.44. The molecule has 0 saturated carbocycles.